The van der Waals surface area contributed by atoms with Crippen LogP contribution < -0.4 is 5.32 Å². The summed E-state index contributed by atoms with van der Waals surface area (Å²) in [6, 6.07) is 5.77. The number of halogens is 1. The van der Waals surface area contributed by atoms with Crippen molar-refractivity contribution in [3.8, 4) is 0 Å². The van der Waals surface area contributed by atoms with E-state index in [1.807, 2.05) is 25.1 Å². The molecule has 1 heterocycles. The van der Waals surface area contributed by atoms with Crippen LogP contribution in [0.15, 0.2) is 43.9 Å². The van der Waals surface area contributed by atoms with E-state index in [4.69, 9.17) is 0 Å². The predicted octanol–water partition coefficient (Wildman–Crippen LogP) is 2.37. The Bertz CT molecular complexity index is 713. The first-order valence-corrected chi connectivity index (χ1v) is 7.76. The predicted molar refractivity (Wildman–Crippen MR) is 89.7 cm³/mol. The molecule has 22 heavy (non-hydrogen) atoms. The zero-order valence-electron chi connectivity index (χ0n) is 11.8. The van der Waals surface area contributed by atoms with Gasteiger partial charge in [-0.2, -0.15) is 5.10 Å². The number of carbonyl (C=O) groups is 2. The molecule has 0 aromatic heterocycles. The number of ether oxygens (including phenoxy) is 1. The van der Waals surface area contributed by atoms with Gasteiger partial charge in [-0.05, 0) is 41.9 Å². The summed E-state index contributed by atoms with van der Waals surface area (Å²) in [6.45, 7) is 1.98. The van der Waals surface area contributed by atoms with E-state index < -0.39 is 11.9 Å². The summed E-state index contributed by atoms with van der Waals surface area (Å²) in [5, 5.41) is 10.7. The molecular formula is C14H12BrN3O3S. The molecule has 114 valence electrons. The number of nitrogens with one attached hydrogen (secondary N) is 1. The molecule has 0 atom stereocenters. The number of rotatable bonds is 3. The van der Waals surface area contributed by atoms with Gasteiger partial charge in [0.05, 0.1) is 18.2 Å². The summed E-state index contributed by atoms with van der Waals surface area (Å²) in [6.07, 6.45) is 2.70. The molecule has 0 bridgehead atoms. The van der Waals surface area contributed by atoms with Gasteiger partial charge in [-0.1, -0.05) is 22.0 Å². The van der Waals surface area contributed by atoms with Gasteiger partial charge in [0.2, 0.25) is 0 Å². The number of esters is 1. The SMILES string of the molecule is COC(=O)/C=C1/S/C(=N\N=Cc2ccc(Br)c(C)c2)NC1=O. The Hall–Kier alpha value is -1.93. The van der Waals surface area contributed by atoms with Crippen LogP contribution in [0.2, 0.25) is 0 Å². The molecule has 1 aliphatic heterocycles. The number of carbonyl (C=O) groups excluding carboxylic acids is 2. The number of hydrogen-bond acceptors (Lipinski definition) is 6. The molecule has 1 aliphatic rings. The lowest BCUT2D eigenvalue weighted by molar-refractivity contribution is -0.135. The fourth-order valence-electron chi connectivity index (χ4n) is 1.54. The molecule has 1 aromatic carbocycles. The first-order chi connectivity index (χ1) is 10.5. The van der Waals surface area contributed by atoms with Gasteiger partial charge in [0, 0.05) is 10.5 Å². The quantitative estimate of drug-likeness (QED) is 0.377. The molecule has 6 nitrogen and oxygen atoms in total. The van der Waals surface area contributed by atoms with Crippen molar-refractivity contribution < 1.29 is 14.3 Å². The minimum atomic E-state index is -0.590. The summed E-state index contributed by atoms with van der Waals surface area (Å²) in [5.41, 5.74) is 1.98. The van der Waals surface area contributed by atoms with Crippen molar-refractivity contribution in [1.29, 1.82) is 0 Å². The molecule has 1 fully saturated rings. The maximum atomic E-state index is 11.6. The van der Waals surface area contributed by atoms with Gasteiger partial charge in [0.15, 0.2) is 5.17 Å². The van der Waals surface area contributed by atoms with Gasteiger partial charge in [-0.3, -0.25) is 10.1 Å². The van der Waals surface area contributed by atoms with Crippen LogP contribution in [0.4, 0.5) is 0 Å². The summed E-state index contributed by atoms with van der Waals surface area (Å²) < 4.78 is 5.49. The van der Waals surface area contributed by atoms with Crippen molar-refractivity contribution in [3.05, 3.63) is 44.8 Å². The summed E-state index contributed by atoms with van der Waals surface area (Å²) >= 11 is 4.45. The number of aryl methyl sites for hydroxylation is 1. The zero-order valence-corrected chi connectivity index (χ0v) is 14.2. The van der Waals surface area contributed by atoms with Crippen LogP contribution in [0.3, 0.4) is 0 Å². The largest absolute Gasteiger partial charge is 0.466 e. The third-order valence-corrected chi connectivity index (χ3v) is 4.43. The van der Waals surface area contributed by atoms with Crippen LogP contribution in [0.1, 0.15) is 11.1 Å². The van der Waals surface area contributed by atoms with Gasteiger partial charge in [0.1, 0.15) is 0 Å². The first-order valence-electron chi connectivity index (χ1n) is 6.15. The van der Waals surface area contributed by atoms with Crippen molar-refractivity contribution >= 4 is 51.0 Å². The topological polar surface area (TPSA) is 80.1 Å². The van der Waals surface area contributed by atoms with Gasteiger partial charge < -0.3 is 4.74 Å². The lowest BCUT2D eigenvalue weighted by atomic mass is 10.2. The van der Waals surface area contributed by atoms with E-state index in [-0.39, 0.29) is 4.91 Å². The summed E-state index contributed by atoms with van der Waals surface area (Å²) in [4.78, 5) is 22.9. The van der Waals surface area contributed by atoms with Crippen molar-refractivity contribution in [2.45, 2.75) is 6.92 Å². The monoisotopic (exact) mass is 381 g/mol. The third-order valence-electron chi connectivity index (χ3n) is 2.64. The number of thioether (sulfide) groups is 1. The number of nitrogens with zero attached hydrogens (tertiary/aromatic N) is 2. The molecule has 0 spiro atoms. The van der Waals surface area contributed by atoms with Gasteiger partial charge in [0.25, 0.3) is 5.91 Å². The number of amides is 1. The van der Waals surface area contributed by atoms with Gasteiger partial charge in [-0.15, -0.1) is 5.10 Å². The normalized spacial score (nSPS) is 18.2. The van der Waals surface area contributed by atoms with E-state index in [1.165, 1.54) is 7.11 Å². The fourth-order valence-corrected chi connectivity index (χ4v) is 2.52. The Balaban J connectivity index is 2.06. The van der Waals surface area contributed by atoms with Crippen LogP contribution >= 0.6 is 27.7 Å². The molecule has 0 saturated carbocycles. The van der Waals surface area contributed by atoms with E-state index in [0.717, 1.165) is 33.4 Å². The molecule has 8 heteroatoms. The highest BCUT2D eigenvalue weighted by Gasteiger charge is 2.24. The van der Waals surface area contributed by atoms with Crippen LogP contribution in [-0.2, 0) is 14.3 Å². The molecule has 1 amide bonds. The summed E-state index contributed by atoms with van der Waals surface area (Å²) in [7, 11) is 1.25. The van der Waals surface area contributed by atoms with E-state index in [9.17, 15) is 9.59 Å². The number of hydrogen-bond donors (Lipinski definition) is 1. The van der Waals surface area contributed by atoms with E-state index in [1.54, 1.807) is 6.21 Å². The second-order valence-electron chi connectivity index (χ2n) is 4.25. The first kappa shape index (κ1) is 16.4. The average molecular weight is 382 g/mol. The average Bonchev–Trinajstić information content (AvgIpc) is 2.83. The number of amidine groups is 1. The van der Waals surface area contributed by atoms with Crippen molar-refractivity contribution in [2.75, 3.05) is 7.11 Å². The van der Waals surface area contributed by atoms with E-state index in [2.05, 4.69) is 36.2 Å². The van der Waals surface area contributed by atoms with Gasteiger partial charge >= 0.3 is 5.97 Å². The molecule has 1 N–H and O–H groups in total. The third kappa shape index (κ3) is 4.28. The smallest absolute Gasteiger partial charge is 0.331 e. The molecule has 0 unspecified atom stereocenters. The van der Waals surface area contributed by atoms with E-state index in [0.29, 0.717) is 5.17 Å². The highest BCUT2D eigenvalue weighted by molar-refractivity contribution is 9.10. The molecule has 1 saturated heterocycles. The van der Waals surface area contributed by atoms with Crippen LogP contribution in [0, 0.1) is 6.92 Å². The number of methoxy groups -OCH3 is 1. The minimum Gasteiger partial charge on any atom is -0.466 e. The Morgan fingerprint density at radius 3 is 2.91 bits per heavy atom. The Labute approximate surface area is 139 Å². The maximum Gasteiger partial charge on any atom is 0.331 e. The molecule has 2 rings (SSSR count). The summed E-state index contributed by atoms with van der Waals surface area (Å²) in [5.74, 6) is -0.989. The maximum absolute atomic E-state index is 11.6. The van der Waals surface area contributed by atoms with Crippen molar-refractivity contribution in [1.82, 2.24) is 5.32 Å². The Morgan fingerprint density at radius 2 is 2.23 bits per heavy atom. The van der Waals surface area contributed by atoms with Crippen molar-refractivity contribution in [3.63, 3.8) is 0 Å². The standard InChI is InChI=1S/C14H12BrN3O3S/c1-8-5-9(3-4-10(8)15)7-16-18-14-17-13(20)11(22-14)6-12(19)21-2/h3-7H,1-2H3,(H,17,18,20)/b11-6+,16-7?. The highest BCUT2D eigenvalue weighted by atomic mass is 79.9. The van der Waals surface area contributed by atoms with Crippen molar-refractivity contribution in [2.24, 2.45) is 10.2 Å². The fraction of sp³-hybridized carbons (Fsp3) is 0.143. The van der Waals surface area contributed by atoms with Crippen LogP contribution in [-0.4, -0.2) is 30.4 Å². The lowest BCUT2D eigenvalue weighted by Gasteiger charge is -1.98. The molecule has 0 aliphatic carbocycles. The number of benzene rings is 1. The second-order valence-corrected chi connectivity index (χ2v) is 6.13. The van der Waals surface area contributed by atoms with Crippen LogP contribution in [0.5, 0.6) is 0 Å². The molecule has 1 aromatic rings. The molecule has 0 radical (unpaired) electrons. The minimum absolute atomic E-state index is 0.222. The van der Waals surface area contributed by atoms with E-state index >= 15 is 0 Å². The molecular weight excluding hydrogens is 370 g/mol. The van der Waals surface area contributed by atoms with Gasteiger partial charge in [-0.25, -0.2) is 4.79 Å². The Kier molecular flexibility index (Phi) is 5.51. The van der Waals surface area contributed by atoms with Crippen LogP contribution in [0.25, 0.3) is 0 Å². The zero-order chi connectivity index (χ0) is 16.1. The highest BCUT2D eigenvalue weighted by Crippen LogP contribution is 2.23. The second kappa shape index (κ2) is 7.37. The lowest BCUT2D eigenvalue weighted by Crippen LogP contribution is -2.19. The Morgan fingerprint density at radius 1 is 1.45 bits per heavy atom.